The molecule has 0 saturated carbocycles. The van der Waals surface area contributed by atoms with E-state index in [-0.39, 0.29) is 0 Å². The number of hydrogen-bond donors (Lipinski definition) is 0. The van der Waals surface area contributed by atoms with E-state index in [1.807, 2.05) is 6.07 Å². The van der Waals surface area contributed by atoms with E-state index in [1.165, 1.54) is 22.2 Å². The van der Waals surface area contributed by atoms with Gasteiger partial charge in [0.05, 0.1) is 11.2 Å². The lowest BCUT2D eigenvalue weighted by molar-refractivity contribution is 0.183. The summed E-state index contributed by atoms with van der Waals surface area (Å²) in [7, 11) is 0. The Morgan fingerprint density at radius 2 is 1.75 bits per heavy atom. The van der Waals surface area contributed by atoms with Crippen molar-refractivity contribution >= 4 is 17.1 Å². The largest absolute Gasteiger partial charge is 0.490 e. The minimum atomic E-state index is 0.646. The highest BCUT2D eigenvalue weighted by Gasteiger charge is 2.14. The highest BCUT2D eigenvalue weighted by Crippen LogP contribution is 2.26. The molecule has 1 aliphatic heterocycles. The van der Waals surface area contributed by atoms with Crippen LogP contribution in [0.3, 0.4) is 0 Å². The van der Waals surface area contributed by atoms with Crippen LogP contribution in [0, 0.1) is 0 Å². The second-order valence-corrected chi connectivity index (χ2v) is 5.11. The zero-order valence-corrected chi connectivity index (χ0v) is 11.1. The molecule has 0 bridgehead atoms. The van der Waals surface area contributed by atoms with Gasteiger partial charge in [-0.1, -0.05) is 48.5 Å². The molecule has 0 unspecified atom stereocenters. The first kappa shape index (κ1) is 11.4. The van der Waals surface area contributed by atoms with Gasteiger partial charge in [0.2, 0.25) is 0 Å². The minimum absolute atomic E-state index is 0.646. The topological polar surface area (TPSA) is 14.2 Å². The van der Waals surface area contributed by atoms with Gasteiger partial charge in [0.1, 0.15) is 12.4 Å². The Morgan fingerprint density at radius 3 is 2.65 bits per heavy atom. The standard InChI is InChI=1S/C18H15NO/c1-2-6-14(7-3-1)10-17-12-19-16(13-20-17)11-15-8-4-5-9-18(15)19/h1-9,11-12H,10,13H2. The summed E-state index contributed by atoms with van der Waals surface area (Å²) in [6.07, 6.45) is 2.96. The van der Waals surface area contributed by atoms with Gasteiger partial charge in [-0.3, -0.25) is 0 Å². The van der Waals surface area contributed by atoms with Gasteiger partial charge in [-0.2, -0.15) is 0 Å². The lowest BCUT2D eigenvalue weighted by Crippen LogP contribution is -2.08. The normalized spacial score (nSPS) is 13.7. The van der Waals surface area contributed by atoms with E-state index in [4.69, 9.17) is 4.74 Å². The molecule has 0 atom stereocenters. The van der Waals surface area contributed by atoms with Crippen molar-refractivity contribution < 1.29 is 4.74 Å². The first-order chi connectivity index (χ1) is 9.90. The molecule has 1 aliphatic rings. The van der Waals surface area contributed by atoms with Gasteiger partial charge in [-0.15, -0.1) is 0 Å². The highest BCUT2D eigenvalue weighted by atomic mass is 16.5. The Bertz CT molecular complexity index is 784. The molecular formula is C18H15NO. The summed E-state index contributed by atoms with van der Waals surface area (Å²) in [6, 6.07) is 21.1. The number of allylic oxidation sites excluding steroid dienone is 1. The Balaban J connectivity index is 1.74. The quantitative estimate of drug-likeness (QED) is 0.674. The van der Waals surface area contributed by atoms with Crippen molar-refractivity contribution in [2.45, 2.75) is 13.0 Å². The van der Waals surface area contributed by atoms with Crippen molar-refractivity contribution in [2.24, 2.45) is 0 Å². The Morgan fingerprint density at radius 1 is 0.950 bits per heavy atom. The number of benzene rings is 2. The van der Waals surface area contributed by atoms with Crippen molar-refractivity contribution in [1.82, 2.24) is 4.57 Å². The van der Waals surface area contributed by atoms with E-state index in [0.717, 1.165) is 12.2 Å². The van der Waals surface area contributed by atoms with Crippen molar-refractivity contribution in [3.05, 3.63) is 77.7 Å². The van der Waals surface area contributed by atoms with Crippen LogP contribution in [0.25, 0.3) is 17.1 Å². The van der Waals surface area contributed by atoms with E-state index in [2.05, 4.69) is 65.4 Å². The Hall–Kier alpha value is -2.48. The van der Waals surface area contributed by atoms with Crippen LogP contribution < -0.4 is 0 Å². The lowest BCUT2D eigenvalue weighted by Gasteiger charge is -2.18. The summed E-state index contributed by atoms with van der Waals surface area (Å²) >= 11 is 0. The van der Waals surface area contributed by atoms with Crippen LogP contribution in [-0.4, -0.2) is 4.57 Å². The van der Waals surface area contributed by atoms with Crippen LogP contribution in [0.5, 0.6) is 0 Å². The number of rotatable bonds is 2. The molecule has 2 nitrogen and oxygen atoms in total. The first-order valence-corrected chi connectivity index (χ1v) is 6.86. The van der Waals surface area contributed by atoms with Gasteiger partial charge in [0, 0.05) is 18.0 Å². The second-order valence-electron chi connectivity index (χ2n) is 5.11. The molecule has 0 fully saturated rings. The summed E-state index contributed by atoms with van der Waals surface area (Å²) in [4.78, 5) is 0. The van der Waals surface area contributed by atoms with Gasteiger partial charge in [-0.25, -0.2) is 0 Å². The number of para-hydroxylation sites is 1. The Kier molecular flexibility index (Phi) is 2.59. The number of ether oxygens (including phenoxy) is 1. The van der Waals surface area contributed by atoms with Gasteiger partial charge >= 0.3 is 0 Å². The fourth-order valence-corrected chi connectivity index (χ4v) is 2.74. The summed E-state index contributed by atoms with van der Waals surface area (Å²) in [5.74, 6) is 1.02. The summed E-state index contributed by atoms with van der Waals surface area (Å²) < 4.78 is 8.13. The minimum Gasteiger partial charge on any atom is -0.490 e. The number of nitrogens with zero attached hydrogens (tertiary/aromatic N) is 1. The third-order valence-electron chi connectivity index (χ3n) is 3.73. The number of fused-ring (bicyclic) bond motifs is 3. The zero-order chi connectivity index (χ0) is 13.4. The molecule has 0 saturated heterocycles. The molecule has 0 aliphatic carbocycles. The number of aromatic nitrogens is 1. The third-order valence-corrected chi connectivity index (χ3v) is 3.73. The smallest absolute Gasteiger partial charge is 0.128 e. The molecule has 20 heavy (non-hydrogen) atoms. The van der Waals surface area contributed by atoms with Crippen LogP contribution in [0.4, 0.5) is 0 Å². The van der Waals surface area contributed by atoms with E-state index in [0.29, 0.717) is 6.61 Å². The average Bonchev–Trinajstić information content (AvgIpc) is 2.86. The molecule has 0 N–H and O–H groups in total. The monoisotopic (exact) mass is 261 g/mol. The molecule has 4 rings (SSSR count). The molecule has 1 aromatic heterocycles. The summed E-state index contributed by atoms with van der Waals surface area (Å²) in [5.41, 5.74) is 3.73. The highest BCUT2D eigenvalue weighted by molar-refractivity contribution is 5.83. The fourth-order valence-electron chi connectivity index (χ4n) is 2.74. The van der Waals surface area contributed by atoms with Crippen molar-refractivity contribution in [2.75, 3.05) is 0 Å². The maximum absolute atomic E-state index is 5.88. The second kappa shape index (κ2) is 4.57. The predicted octanol–water partition coefficient (Wildman–Crippen LogP) is 4.21. The van der Waals surface area contributed by atoms with E-state index >= 15 is 0 Å². The van der Waals surface area contributed by atoms with E-state index in [1.54, 1.807) is 0 Å². The van der Waals surface area contributed by atoms with Crippen molar-refractivity contribution in [3.63, 3.8) is 0 Å². The number of hydrogen-bond acceptors (Lipinski definition) is 1. The maximum atomic E-state index is 5.88. The predicted molar refractivity (Wildman–Crippen MR) is 81.1 cm³/mol. The molecule has 3 aromatic rings. The Labute approximate surface area is 117 Å². The molecular weight excluding hydrogens is 246 g/mol. The fraction of sp³-hybridized carbons (Fsp3) is 0.111. The zero-order valence-electron chi connectivity index (χ0n) is 11.1. The molecule has 2 heteroatoms. The first-order valence-electron chi connectivity index (χ1n) is 6.86. The summed E-state index contributed by atoms with van der Waals surface area (Å²) in [6.45, 7) is 0.646. The van der Waals surface area contributed by atoms with Gasteiger partial charge in [0.15, 0.2) is 0 Å². The van der Waals surface area contributed by atoms with E-state index < -0.39 is 0 Å². The molecule has 0 radical (unpaired) electrons. The molecule has 98 valence electrons. The van der Waals surface area contributed by atoms with Crippen LogP contribution in [0.1, 0.15) is 11.3 Å². The maximum Gasteiger partial charge on any atom is 0.128 e. The molecule has 0 spiro atoms. The average molecular weight is 261 g/mol. The van der Waals surface area contributed by atoms with Crippen LogP contribution in [0.2, 0.25) is 0 Å². The molecule has 2 heterocycles. The van der Waals surface area contributed by atoms with Gasteiger partial charge < -0.3 is 9.30 Å². The summed E-state index contributed by atoms with van der Waals surface area (Å²) in [5, 5.41) is 1.27. The van der Waals surface area contributed by atoms with Crippen LogP contribution in [-0.2, 0) is 17.8 Å². The molecule has 0 amide bonds. The van der Waals surface area contributed by atoms with Crippen LogP contribution >= 0.6 is 0 Å². The van der Waals surface area contributed by atoms with Gasteiger partial charge in [0.25, 0.3) is 0 Å². The molecule has 2 aromatic carbocycles. The van der Waals surface area contributed by atoms with Crippen LogP contribution in [0.15, 0.2) is 66.4 Å². The van der Waals surface area contributed by atoms with Gasteiger partial charge in [-0.05, 0) is 17.7 Å². The SMILES string of the molecule is C1=C(Cc2ccccc2)OCc2cc3ccccc3n21. The third kappa shape index (κ3) is 1.90. The lowest BCUT2D eigenvalue weighted by atomic mass is 10.1. The van der Waals surface area contributed by atoms with E-state index in [9.17, 15) is 0 Å². The van der Waals surface area contributed by atoms with Crippen molar-refractivity contribution in [3.8, 4) is 0 Å². The van der Waals surface area contributed by atoms with Crippen molar-refractivity contribution in [1.29, 1.82) is 0 Å².